The largest absolute Gasteiger partial charge is 0.394 e. The van der Waals surface area contributed by atoms with Gasteiger partial charge in [-0.3, -0.25) is 0 Å². The van der Waals surface area contributed by atoms with Crippen LogP contribution in [0.4, 0.5) is 17.5 Å². The van der Waals surface area contributed by atoms with Crippen LogP contribution in [0.1, 0.15) is 65.2 Å². The zero-order valence-corrected chi connectivity index (χ0v) is 21.9. The molecule has 0 saturated carbocycles. The van der Waals surface area contributed by atoms with Crippen LogP contribution in [-0.2, 0) is 10.0 Å². The van der Waals surface area contributed by atoms with Crippen LogP contribution in [-0.4, -0.2) is 42.7 Å². The summed E-state index contributed by atoms with van der Waals surface area (Å²) in [6.07, 6.45) is 10.4. The molecule has 0 radical (unpaired) electrons. The van der Waals surface area contributed by atoms with E-state index in [-0.39, 0.29) is 17.5 Å². The molecule has 0 aliphatic carbocycles. The Morgan fingerprint density at radius 1 is 1.03 bits per heavy atom. The van der Waals surface area contributed by atoms with Gasteiger partial charge in [-0.15, -0.1) is 0 Å². The summed E-state index contributed by atoms with van der Waals surface area (Å²) in [5, 5.41) is 15.7. The maximum Gasteiger partial charge on any atom is 0.240 e. The monoisotopic (exact) mass is 541 g/mol. The Balaban J connectivity index is 1.89. The highest BCUT2D eigenvalue weighted by molar-refractivity contribution is 9.10. The fourth-order valence-electron chi connectivity index (χ4n) is 3.22. The minimum Gasteiger partial charge on any atom is -0.394 e. The van der Waals surface area contributed by atoms with Crippen LogP contribution in [0, 0.1) is 0 Å². The number of aromatic nitrogens is 2. The van der Waals surface area contributed by atoms with Crippen molar-refractivity contribution in [1.82, 2.24) is 14.7 Å². The Bertz CT molecular complexity index is 938. The van der Waals surface area contributed by atoms with Gasteiger partial charge in [0.25, 0.3) is 0 Å². The third-order valence-corrected chi connectivity index (χ3v) is 7.35. The van der Waals surface area contributed by atoms with E-state index in [2.05, 4.69) is 48.2 Å². The van der Waals surface area contributed by atoms with Crippen molar-refractivity contribution in [3.05, 3.63) is 34.9 Å². The van der Waals surface area contributed by atoms with Crippen molar-refractivity contribution in [1.29, 1.82) is 0 Å². The summed E-state index contributed by atoms with van der Waals surface area (Å²) in [5.74, 6) is 0.934. The average Bonchev–Trinajstić information content (AvgIpc) is 2.81. The first kappa shape index (κ1) is 27.5. The van der Waals surface area contributed by atoms with Gasteiger partial charge in [0.15, 0.2) is 0 Å². The number of nitrogens with one attached hydrogen (secondary N) is 3. The lowest BCUT2D eigenvalue weighted by Crippen LogP contribution is -2.24. The number of aliphatic hydroxyl groups excluding tert-OH is 1. The number of anilines is 3. The van der Waals surface area contributed by atoms with Gasteiger partial charge in [0, 0.05) is 18.4 Å². The first-order valence-corrected chi connectivity index (χ1v) is 13.9. The zero-order valence-electron chi connectivity index (χ0n) is 19.5. The van der Waals surface area contributed by atoms with Gasteiger partial charge in [0.1, 0.15) is 5.82 Å². The summed E-state index contributed by atoms with van der Waals surface area (Å²) >= 11 is 3.41. The Morgan fingerprint density at radius 2 is 1.70 bits per heavy atom. The van der Waals surface area contributed by atoms with E-state index in [1.807, 2.05) is 6.92 Å². The van der Waals surface area contributed by atoms with E-state index in [9.17, 15) is 13.5 Å². The first-order chi connectivity index (χ1) is 15.9. The fraction of sp³-hybridized carbons (Fsp3) is 0.565. The van der Waals surface area contributed by atoms with Crippen LogP contribution < -0.4 is 15.4 Å². The molecule has 0 unspecified atom stereocenters. The third kappa shape index (κ3) is 9.56. The normalized spacial score (nSPS) is 12.5. The molecule has 0 bridgehead atoms. The number of halogens is 1. The van der Waals surface area contributed by atoms with Gasteiger partial charge < -0.3 is 15.7 Å². The highest BCUT2D eigenvalue weighted by Crippen LogP contribution is 2.23. The molecular weight excluding hydrogens is 506 g/mol. The lowest BCUT2D eigenvalue weighted by atomic mass is 10.1. The summed E-state index contributed by atoms with van der Waals surface area (Å²) in [7, 11) is -3.53. The van der Waals surface area contributed by atoms with Crippen molar-refractivity contribution < 1.29 is 13.5 Å². The van der Waals surface area contributed by atoms with Gasteiger partial charge in [-0.1, -0.05) is 52.4 Å². The summed E-state index contributed by atoms with van der Waals surface area (Å²) in [6.45, 7) is 4.62. The van der Waals surface area contributed by atoms with Gasteiger partial charge >= 0.3 is 0 Å². The highest BCUT2D eigenvalue weighted by atomic mass is 79.9. The number of sulfonamides is 1. The number of hydrogen-bond acceptors (Lipinski definition) is 7. The minimum absolute atomic E-state index is 0.00135. The van der Waals surface area contributed by atoms with Crippen molar-refractivity contribution in [3.63, 3.8) is 0 Å². The van der Waals surface area contributed by atoms with E-state index in [0.29, 0.717) is 28.5 Å². The summed E-state index contributed by atoms with van der Waals surface area (Å²) < 4.78 is 28.4. The topological polar surface area (TPSA) is 116 Å². The Labute approximate surface area is 206 Å². The minimum atomic E-state index is -3.53. The molecule has 1 heterocycles. The van der Waals surface area contributed by atoms with Crippen LogP contribution in [0.2, 0.25) is 0 Å². The highest BCUT2D eigenvalue weighted by Gasteiger charge is 2.14. The van der Waals surface area contributed by atoms with Gasteiger partial charge in [0.2, 0.25) is 16.0 Å². The van der Waals surface area contributed by atoms with Gasteiger partial charge in [-0.2, -0.15) is 4.98 Å². The molecule has 1 atom stereocenters. The average molecular weight is 543 g/mol. The lowest BCUT2D eigenvalue weighted by molar-refractivity contribution is 0.271. The predicted octanol–water partition coefficient (Wildman–Crippen LogP) is 5.19. The molecule has 0 amide bonds. The molecule has 0 aliphatic heterocycles. The summed E-state index contributed by atoms with van der Waals surface area (Å²) in [5.41, 5.74) is 0.670. The quantitative estimate of drug-likeness (QED) is 0.216. The Kier molecular flexibility index (Phi) is 12.1. The fourth-order valence-corrected chi connectivity index (χ4v) is 4.60. The zero-order chi connectivity index (χ0) is 24.1. The van der Waals surface area contributed by atoms with Crippen molar-refractivity contribution >= 4 is 43.4 Å². The van der Waals surface area contributed by atoms with E-state index in [1.54, 1.807) is 30.5 Å². The predicted molar refractivity (Wildman–Crippen MR) is 137 cm³/mol. The number of rotatable bonds is 16. The standard InChI is InChI=1S/C23H36BrN5O3S/c1-3-5-6-7-8-9-10-15-26-33(31,32)20-13-11-19(12-14-20)28-23-25-16-21(24)22(29-23)27-18(4-2)17-30/h11-14,16,18,26,30H,3-10,15,17H2,1-2H3,(H2,25,27,28,29)/t18-/m1/s1. The number of benzene rings is 1. The van der Waals surface area contributed by atoms with Crippen molar-refractivity contribution in [3.8, 4) is 0 Å². The van der Waals surface area contributed by atoms with Crippen molar-refractivity contribution in [2.75, 3.05) is 23.8 Å². The molecule has 0 fully saturated rings. The number of unbranched alkanes of at least 4 members (excludes halogenated alkanes) is 6. The molecule has 0 spiro atoms. The number of nitrogens with zero attached hydrogens (tertiary/aromatic N) is 2. The lowest BCUT2D eigenvalue weighted by Gasteiger charge is -2.16. The molecule has 2 rings (SSSR count). The maximum atomic E-state index is 12.5. The molecular formula is C23H36BrN5O3S. The Hall–Kier alpha value is -1.75. The molecule has 10 heteroatoms. The maximum absolute atomic E-state index is 12.5. The molecule has 33 heavy (non-hydrogen) atoms. The van der Waals surface area contributed by atoms with Crippen molar-refractivity contribution in [2.24, 2.45) is 0 Å². The summed E-state index contributed by atoms with van der Waals surface area (Å²) in [6, 6.07) is 6.38. The van der Waals surface area contributed by atoms with E-state index in [0.717, 1.165) is 25.7 Å². The van der Waals surface area contributed by atoms with Gasteiger partial charge in [-0.05, 0) is 53.0 Å². The van der Waals surface area contributed by atoms with E-state index >= 15 is 0 Å². The smallest absolute Gasteiger partial charge is 0.240 e. The molecule has 1 aromatic heterocycles. The van der Waals surface area contributed by atoms with Crippen LogP contribution in [0.3, 0.4) is 0 Å². The van der Waals surface area contributed by atoms with E-state index in [1.165, 1.54) is 25.7 Å². The SMILES string of the molecule is CCCCCCCCCNS(=O)(=O)c1ccc(Nc2ncc(Br)c(N[C@H](CC)CO)n2)cc1. The number of aliphatic hydroxyl groups is 1. The molecule has 184 valence electrons. The molecule has 1 aromatic carbocycles. The van der Waals surface area contributed by atoms with Crippen LogP contribution >= 0.6 is 15.9 Å². The molecule has 2 aromatic rings. The second-order valence-corrected chi connectivity index (χ2v) is 10.6. The van der Waals surface area contributed by atoms with E-state index in [4.69, 9.17) is 0 Å². The third-order valence-electron chi connectivity index (χ3n) is 5.29. The van der Waals surface area contributed by atoms with Crippen LogP contribution in [0.5, 0.6) is 0 Å². The summed E-state index contributed by atoms with van der Waals surface area (Å²) in [4.78, 5) is 8.90. The van der Waals surface area contributed by atoms with Crippen LogP contribution in [0.25, 0.3) is 0 Å². The number of hydrogen-bond donors (Lipinski definition) is 4. The molecule has 0 aliphatic rings. The first-order valence-electron chi connectivity index (χ1n) is 11.7. The molecule has 4 N–H and O–H groups in total. The van der Waals surface area contributed by atoms with Crippen LogP contribution in [0.15, 0.2) is 39.8 Å². The van der Waals surface area contributed by atoms with Gasteiger partial charge in [-0.25, -0.2) is 18.1 Å². The Morgan fingerprint density at radius 3 is 2.33 bits per heavy atom. The van der Waals surface area contributed by atoms with Crippen molar-refractivity contribution in [2.45, 2.75) is 76.2 Å². The van der Waals surface area contributed by atoms with Gasteiger partial charge in [0.05, 0.1) is 22.0 Å². The second-order valence-electron chi connectivity index (χ2n) is 7.99. The molecule has 8 nitrogen and oxygen atoms in total. The second kappa shape index (κ2) is 14.5. The van der Waals surface area contributed by atoms with E-state index < -0.39 is 10.0 Å². The molecule has 0 saturated heterocycles.